The lowest BCUT2D eigenvalue weighted by Crippen LogP contribution is -2.08. The first kappa shape index (κ1) is 19.3. The van der Waals surface area contributed by atoms with Gasteiger partial charge in [-0.05, 0) is 67.1 Å². The number of carboxylic acid groups (broad SMARTS) is 1. The highest BCUT2D eigenvalue weighted by Gasteiger charge is 2.21. The van der Waals surface area contributed by atoms with Gasteiger partial charge in [-0.1, -0.05) is 12.1 Å². The molecule has 3 aromatic heterocycles. The third kappa shape index (κ3) is 4.81. The molecule has 0 fully saturated rings. The molecule has 0 unspecified atom stereocenters. The van der Waals surface area contributed by atoms with E-state index in [0.29, 0.717) is 12.0 Å². The summed E-state index contributed by atoms with van der Waals surface area (Å²) in [5.74, 6) is -0.657. The molecule has 4 rings (SSSR count). The average Bonchev–Trinajstić information content (AvgIpc) is 3.44. The largest absolute Gasteiger partial charge is 0.478 e. The lowest BCUT2D eigenvalue weighted by atomic mass is 9.90. The quantitative estimate of drug-likeness (QED) is 0.566. The zero-order valence-electron chi connectivity index (χ0n) is 14.9. The number of thiophene rings is 2. The van der Waals surface area contributed by atoms with Crippen molar-refractivity contribution in [1.82, 2.24) is 10.2 Å². The number of carbonyl (C=O) groups is 2. The standard InChI is InChI=1S/C14H14N2O2S.C6H6OS/c17-14(18)10-5-2-1-4-9(10)11-8-12(16-15-11)13-6-3-7-19-13;1-5(7)6-3-2-4-8-6/h3,6-8H,1-2,4-5H2,(H,15,16)(H,17,18);2-4H,1H3. The van der Waals surface area contributed by atoms with E-state index in [4.69, 9.17) is 0 Å². The second-order valence-corrected chi connectivity index (χ2v) is 8.04. The van der Waals surface area contributed by atoms with E-state index in [1.807, 2.05) is 41.1 Å². The van der Waals surface area contributed by atoms with Crippen LogP contribution >= 0.6 is 22.7 Å². The van der Waals surface area contributed by atoms with E-state index in [1.165, 1.54) is 11.3 Å². The number of aromatic nitrogens is 2. The molecule has 7 heteroatoms. The molecule has 2 N–H and O–H groups in total. The van der Waals surface area contributed by atoms with Crippen LogP contribution in [-0.4, -0.2) is 27.1 Å². The predicted octanol–water partition coefficient (Wildman–Crippen LogP) is 5.50. The summed E-state index contributed by atoms with van der Waals surface area (Å²) in [6.45, 7) is 1.58. The molecule has 0 radical (unpaired) electrons. The van der Waals surface area contributed by atoms with Crippen LogP contribution in [0.1, 0.15) is 48.0 Å². The van der Waals surface area contributed by atoms with E-state index in [2.05, 4.69) is 10.2 Å². The molecule has 0 amide bonds. The second-order valence-electron chi connectivity index (χ2n) is 6.15. The van der Waals surface area contributed by atoms with Crippen LogP contribution in [0.15, 0.2) is 46.7 Å². The van der Waals surface area contributed by atoms with Crippen LogP contribution < -0.4 is 0 Å². The number of allylic oxidation sites excluding steroid dienone is 1. The van der Waals surface area contributed by atoms with Gasteiger partial charge in [-0.2, -0.15) is 5.10 Å². The van der Waals surface area contributed by atoms with Crippen LogP contribution in [0.25, 0.3) is 16.1 Å². The fourth-order valence-electron chi connectivity index (χ4n) is 2.94. The fourth-order valence-corrected chi connectivity index (χ4v) is 4.26. The van der Waals surface area contributed by atoms with Gasteiger partial charge in [-0.15, -0.1) is 22.7 Å². The van der Waals surface area contributed by atoms with E-state index in [-0.39, 0.29) is 5.78 Å². The molecule has 0 saturated carbocycles. The molecule has 1 aliphatic rings. The molecule has 5 nitrogen and oxygen atoms in total. The summed E-state index contributed by atoms with van der Waals surface area (Å²) in [4.78, 5) is 23.8. The molecule has 0 saturated heterocycles. The Balaban J connectivity index is 0.000000221. The third-order valence-electron chi connectivity index (χ3n) is 4.27. The van der Waals surface area contributed by atoms with Crippen LogP contribution in [0.4, 0.5) is 0 Å². The summed E-state index contributed by atoms with van der Waals surface area (Å²) in [5, 5.41) is 20.5. The van der Waals surface area contributed by atoms with Crippen molar-refractivity contribution in [2.45, 2.75) is 32.6 Å². The number of carbonyl (C=O) groups excluding carboxylic acids is 1. The van der Waals surface area contributed by atoms with Gasteiger partial charge in [0.05, 0.1) is 21.1 Å². The number of aromatic amines is 1. The van der Waals surface area contributed by atoms with Gasteiger partial charge < -0.3 is 5.11 Å². The van der Waals surface area contributed by atoms with Crippen molar-refractivity contribution >= 4 is 40.0 Å². The predicted molar refractivity (Wildman–Crippen MR) is 109 cm³/mol. The van der Waals surface area contributed by atoms with E-state index in [0.717, 1.165) is 46.0 Å². The Morgan fingerprint density at radius 1 is 1.11 bits per heavy atom. The Morgan fingerprint density at radius 2 is 1.85 bits per heavy atom. The van der Waals surface area contributed by atoms with Crippen molar-refractivity contribution in [3.05, 3.63) is 57.2 Å². The van der Waals surface area contributed by atoms with Crippen LogP contribution in [0.2, 0.25) is 0 Å². The van der Waals surface area contributed by atoms with Crippen molar-refractivity contribution in [2.24, 2.45) is 0 Å². The first-order chi connectivity index (χ1) is 13.1. The number of aliphatic carboxylic acids is 1. The maximum atomic E-state index is 11.3. The highest BCUT2D eigenvalue weighted by atomic mass is 32.1. The number of nitrogens with one attached hydrogen (secondary N) is 1. The van der Waals surface area contributed by atoms with Crippen LogP contribution in [0.3, 0.4) is 0 Å². The summed E-state index contributed by atoms with van der Waals surface area (Å²) >= 11 is 3.12. The number of H-pyrrole nitrogens is 1. The van der Waals surface area contributed by atoms with Gasteiger partial charge >= 0.3 is 5.97 Å². The number of ketones is 1. The first-order valence-corrected chi connectivity index (χ1v) is 10.4. The number of hydrogen-bond acceptors (Lipinski definition) is 5. The van der Waals surface area contributed by atoms with Gasteiger partial charge in [0.25, 0.3) is 0 Å². The Morgan fingerprint density at radius 3 is 2.44 bits per heavy atom. The average molecular weight is 401 g/mol. The minimum atomic E-state index is -0.810. The lowest BCUT2D eigenvalue weighted by molar-refractivity contribution is -0.132. The summed E-state index contributed by atoms with van der Waals surface area (Å²) in [6.07, 6.45) is 3.43. The van der Waals surface area contributed by atoms with E-state index in [1.54, 1.807) is 18.3 Å². The molecule has 3 aromatic rings. The molecule has 0 aromatic carbocycles. The van der Waals surface area contributed by atoms with Gasteiger partial charge in [0.2, 0.25) is 0 Å². The summed E-state index contributed by atoms with van der Waals surface area (Å²) in [5.41, 5.74) is 3.14. The molecule has 27 heavy (non-hydrogen) atoms. The number of nitrogens with zero attached hydrogens (tertiary/aromatic N) is 1. The highest BCUT2D eigenvalue weighted by Crippen LogP contribution is 2.33. The molecule has 0 atom stereocenters. The number of carboxylic acids is 1. The number of rotatable bonds is 4. The van der Waals surface area contributed by atoms with Crippen molar-refractivity contribution in [3.8, 4) is 10.6 Å². The third-order valence-corrected chi connectivity index (χ3v) is 6.14. The van der Waals surface area contributed by atoms with E-state index < -0.39 is 5.97 Å². The summed E-state index contributed by atoms with van der Waals surface area (Å²) in [6, 6.07) is 9.67. The van der Waals surface area contributed by atoms with Gasteiger partial charge in [-0.3, -0.25) is 9.89 Å². The molecule has 0 bridgehead atoms. The fraction of sp³-hybridized carbons (Fsp3) is 0.250. The second kappa shape index (κ2) is 8.92. The zero-order valence-corrected chi connectivity index (χ0v) is 16.5. The first-order valence-electron chi connectivity index (χ1n) is 8.65. The minimum Gasteiger partial charge on any atom is -0.478 e. The van der Waals surface area contributed by atoms with Crippen molar-refractivity contribution in [3.63, 3.8) is 0 Å². The molecular formula is C20H20N2O3S2. The molecule has 0 spiro atoms. The van der Waals surface area contributed by atoms with Crippen LogP contribution in [0.5, 0.6) is 0 Å². The van der Waals surface area contributed by atoms with E-state index >= 15 is 0 Å². The number of Topliss-reactive ketones (excluding diaryl/α,β-unsaturated/α-hetero) is 1. The Kier molecular flexibility index (Phi) is 6.36. The SMILES string of the molecule is CC(=O)c1cccs1.O=C(O)C1=C(c2cc(-c3cccs3)[nH]n2)CCCC1. The smallest absolute Gasteiger partial charge is 0.331 e. The Labute approximate surface area is 165 Å². The maximum Gasteiger partial charge on any atom is 0.331 e. The minimum absolute atomic E-state index is 0.153. The van der Waals surface area contributed by atoms with Crippen molar-refractivity contribution < 1.29 is 14.7 Å². The maximum absolute atomic E-state index is 11.3. The summed E-state index contributed by atoms with van der Waals surface area (Å²) < 4.78 is 0. The van der Waals surface area contributed by atoms with Gasteiger partial charge in [-0.25, -0.2) is 4.79 Å². The van der Waals surface area contributed by atoms with Crippen molar-refractivity contribution in [2.75, 3.05) is 0 Å². The van der Waals surface area contributed by atoms with Crippen LogP contribution in [-0.2, 0) is 4.79 Å². The van der Waals surface area contributed by atoms with E-state index in [9.17, 15) is 14.7 Å². The molecule has 1 aliphatic carbocycles. The summed E-state index contributed by atoms with van der Waals surface area (Å²) in [7, 11) is 0. The van der Waals surface area contributed by atoms with Gasteiger partial charge in [0.15, 0.2) is 5.78 Å². The number of hydrogen-bond donors (Lipinski definition) is 2. The van der Waals surface area contributed by atoms with Crippen molar-refractivity contribution in [1.29, 1.82) is 0 Å². The lowest BCUT2D eigenvalue weighted by Gasteiger charge is -2.15. The monoisotopic (exact) mass is 400 g/mol. The van der Waals surface area contributed by atoms with Gasteiger partial charge in [0, 0.05) is 5.57 Å². The molecule has 0 aliphatic heterocycles. The zero-order chi connectivity index (χ0) is 19.2. The topological polar surface area (TPSA) is 83.0 Å². The Bertz CT molecular complexity index is 938. The molecule has 140 valence electrons. The Hall–Kier alpha value is -2.51. The normalized spacial score (nSPS) is 13.8. The van der Waals surface area contributed by atoms with Crippen LogP contribution in [0, 0.1) is 0 Å². The highest BCUT2D eigenvalue weighted by molar-refractivity contribution is 7.13. The molecule has 3 heterocycles. The van der Waals surface area contributed by atoms with Gasteiger partial charge in [0.1, 0.15) is 0 Å². The molecular weight excluding hydrogens is 380 g/mol.